The number of aromatic nitrogens is 2. The van der Waals surface area contributed by atoms with E-state index in [1.807, 2.05) is 0 Å². The van der Waals surface area contributed by atoms with E-state index in [0.29, 0.717) is 11.3 Å². The number of nitrogens with zero attached hydrogens (tertiary/aromatic N) is 2. The van der Waals surface area contributed by atoms with Crippen molar-refractivity contribution in [2.75, 3.05) is 11.1 Å². The summed E-state index contributed by atoms with van der Waals surface area (Å²) >= 11 is 0. The number of hydrogen-bond acceptors (Lipinski definition) is 3. The molecule has 0 saturated heterocycles. The van der Waals surface area contributed by atoms with E-state index in [1.165, 1.54) is 16.8 Å². The Hall–Kier alpha value is -2.11. The monoisotopic (exact) mass is 238 g/mol. The molecule has 0 aliphatic carbocycles. The lowest BCUT2D eigenvalue weighted by molar-refractivity contribution is 0.584. The van der Waals surface area contributed by atoms with Crippen molar-refractivity contribution in [1.82, 2.24) is 9.78 Å². The van der Waals surface area contributed by atoms with Gasteiger partial charge in [0.25, 0.3) is 0 Å². The molecule has 3 N–H and O–H groups in total. The largest absolute Gasteiger partial charge is 0.394 e. The van der Waals surface area contributed by atoms with Crippen LogP contribution >= 0.6 is 0 Å². The molecule has 1 aromatic heterocycles. The fourth-order valence-electron chi connectivity index (χ4n) is 1.49. The molecule has 0 amide bonds. The molecule has 0 fully saturated rings. The Morgan fingerprint density at radius 2 is 2.06 bits per heavy atom. The van der Waals surface area contributed by atoms with Crippen molar-refractivity contribution in [1.29, 1.82) is 0 Å². The van der Waals surface area contributed by atoms with E-state index in [2.05, 4.69) is 10.4 Å². The molecule has 0 unspecified atom stereocenters. The summed E-state index contributed by atoms with van der Waals surface area (Å²) in [7, 11) is 1.67. The van der Waals surface area contributed by atoms with E-state index < -0.39 is 11.6 Å². The number of halogens is 2. The Bertz CT molecular complexity index is 563. The van der Waals surface area contributed by atoms with Crippen molar-refractivity contribution in [2.24, 2.45) is 7.05 Å². The summed E-state index contributed by atoms with van der Waals surface area (Å²) in [5, 5.41) is 6.53. The second kappa shape index (κ2) is 4.04. The molecule has 0 bridgehead atoms. The van der Waals surface area contributed by atoms with Gasteiger partial charge >= 0.3 is 0 Å². The summed E-state index contributed by atoms with van der Waals surface area (Å²) < 4.78 is 28.6. The second-order valence-electron chi connectivity index (χ2n) is 3.78. The first-order valence-corrected chi connectivity index (χ1v) is 5.00. The van der Waals surface area contributed by atoms with Gasteiger partial charge in [0.2, 0.25) is 0 Å². The SMILES string of the molecule is Cc1ccc(F)c(Nc2nn(C)cc2N)c1F. The summed E-state index contributed by atoms with van der Waals surface area (Å²) in [6.07, 6.45) is 1.55. The average Bonchev–Trinajstić information content (AvgIpc) is 2.58. The molecule has 0 radical (unpaired) electrons. The highest BCUT2D eigenvalue weighted by Crippen LogP contribution is 2.27. The van der Waals surface area contributed by atoms with Gasteiger partial charge in [-0.3, -0.25) is 4.68 Å². The summed E-state index contributed by atoms with van der Waals surface area (Å²) in [5.41, 5.74) is 6.07. The van der Waals surface area contributed by atoms with Crippen LogP contribution in [0.1, 0.15) is 5.56 Å². The van der Waals surface area contributed by atoms with Gasteiger partial charge in [-0.2, -0.15) is 5.10 Å². The third kappa shape index (κ3) is 2.06. The zero-order valence-corrected chi connectivity index (χ0v) is 9.46. The number of rotatable bonds is 2. The topological polar surface area (TPSA) is 55.9 Å². The summed E-state index contributed by atoms with van der Waals surface area (Å²) in [4.78, 5) is 0. The van der Waals surface area contributed by atoms with Crippen molar-refractivity contribution in [3.63, 3.8) is 0 Å². The van der Waals surface area contributed by atoms with Gasteiger partial charge in [-0.1, -0.05) is 6.07 Å². The number of hydrogen-bond donors (Lipinski definition) is 2. The summed E-state index contributed by atoms with van der Waals surface area (Å²) in [5.74, 6) is -1.09. The van der Waals surface area contributed by atoms with Gasteiger partial charge in [-0.15, -0.1) is 0 Å². The van der Waals surface area contributed by atoms with Gasteiger partial charge in [0, 0.05) is 13.2 Å². The minimum atomic E-state index is -0.682. The van der Waals surface area contributed by atoms with E-state index in [9.17, 15) is 8.78 Å². The van der Waals surface area contributed by atoms with Crippen LogP contribution in [0.25, 0.3) is 0 Å². The van der Waals surface area contributed by atoms with Crippen molar-refractivity contribution >= 4 is 17.2 Å². The van der Waals surface area contributed by atoms with Gasteiger partial charge in [0.1, 0.15) is 11.5 Å². The zero-order chi connectivity index (χ0) is 12.6. The van der Waals surface area contributed by atoms with Crippen LogP contribution in [0, 0.1) is 18.6 Å². The van der Waals surface area contributed by atoms with Crippen LogP contribution in [0.15, 0.2) is 18.3 Å². The Morgan fingerprint density at radius 3 is 2.65 bits per heavy atom. The Labute approximate surface area is 97.0 Å². The normalized spacial score (nSPS) is 10.6. The first-order valence-electron chi connectivity index (χ1n) is 5.00. The number of aryl methyl sites for hydroxylation is 2. The fraction of sp³-hybridized carbons (Fsp3) is 0.182. The highest BCUT2D eigenvalue weighted by atomic mass is 19.1. The highest BCUT2D eigenvalue weighted by molar-refractivity contribution is 5.69. The Kier molecular flexibility index (Phi) is 2.71. The molecule has 17 heavy (non-hydrogen) atoms. The molecule has 4 nitrogen and oxygen atoms in total. The molecule has 90 valence electrons. The van der Waals surface area contributed by atoms with E-state index in [4.69, 9.17) is 5.73 Å². The summed E-state index contributed by atoms with van der Waals surface area (Å²) in [6, 6.07) is 2.57. The predicted molar refractivity (Wildman–Crippen MR) is 62.0 cm³/mol. The molecule has 0 saturated carbocycles. The Morgan fingerprint density at radius 1 is 1.35 bits per heavy atom. The van der Waals surface area contributed by atoms with E-state index >= 15 is 0 Å². The standard InChI is InChI=1S/C11H12F2N4/c1-6-3-4-7(12)10(9(6)13)15-11-8(14)5-17(2)16-11/h3-5H,14H2,1-2H3,(H,15,16). The minimum Gasteiger partial charge on any atom is -0.394 e. The van der Waals surface area contributed by atoms with E-state index in [0.717, 1.165) is 0 Å². The molecule has 2 rings (SSSR count). The third-order valence-corrected chi connectivity index (χ3v) is 2.38. The van der Waals surface area contributed by atoms with Crippen LogP contribution in [0.4, 0.5) is 26.0 Å². The molecule has 6 heteroatoms. The maximum absolute atomic E-state index is 13.7. The lowest BCUT2D eigenvalue weighted by Crippen LogP contribution is -2.02. The molecule has 1 aromatic carbocycles. The molecular formula is C11H12F2N4. The van der Waals surface area contributed by atoms with Gasteiger partial charge < -0.3 is 11.1 Å². The molecule has 0 atom stereocenters. The van der Waals surface area contributed by atoms with E-state index in [1.54, 1.807) is 20.2 Å². The van der Waals surface area contributed by atoms with Crippen LogP contribution in [-0.4, -0.2) is 9.78 Å². The lowest BCUT2D eigenvalue weighted by atomic mass is 10.2. The van der Waals surface area contributed by atoms with Crippen LogP contribution in [0.3, 0.4) is 0 Å². The number of nitrogen functional groups attached to an aromatic ring is 1. The molecular weight excluding hydrogens is 226 g/mol. The molecule has 0 spiro atoms. The quantitative estimate of drug-likeness (QED) is 0.844. The third-order valence-electron chi connectivity index (χ3n) is 2.38. The minimum absolute atomic E-state index is 0.232. The van der Waals surface area contributed by atoms with E-state index in [-0.39, 0.29) is 11.5 Å². The summed E-state index contributed by atoms with van der Waals surface area (Å²) in [6.45, 7) is 1.56. The van der Waals surface area contributed by atoms with Crippen molar-refractivity contribution in [3.05, 3.63) is 35.5 Å². The van der Waals surface area contributed by atoms with Crippen LogP contribution in [0.2, 0.25) is 0 Å². The molecule has 1 heterocycles. The first-order chi connectivity index (χ1) is 7.99. The van der Waals surface area contributed by atoms with Gasteiger partial charge in [0.15, 0.2) is 11.6 Å². The van der Waals surface area contributed by atoms with Crippen LogP contribution < -0.4 is 11.1 Å². The fourth-order valence-corrected chi connectivity index (χ4v) is 1.49. The van der Waals surface area contributed by atoms with Gasteiger partial charge in [0.05, 0.1) is 5.69 Å². The highest BCUT2D eigenvalue weighted by Gasteiger charge is 2.14. The number of anilines is 3. The van der Waals surface area contributed by atoms with Crippen LogP contribution in [0.5, 0.6) is 0 Å². The van der Waals surface area contributed by atoms with Crippen molar-refractivity contribution < 1.29 is 8.78 Å². The number of nitrogens with one attached hydrogen (secondary N) is 1. The first kappa shape index (κ1) is 11.4. The Balaban J connectivity index is 2.43. The lowest BCUT2D eigenvalue weighted by Gasteiger charge is -2.08. The van der Waals surface area contributed by atoms with Crippen molar-refractivity contribution in [2.45, 2.75) is 6.92 Å². The number of nitrogens with two attached hydrogens (primary N) is 1. The second-order valence-corrected chi connectivity index (χ2v) is 3.78. The molecule has 0 aliphatic rings. The van der Waals surface area contributed by atoms with Crippen molar-refractivity contribution in [3.8, 4) is 0 Å². The molecule has 0 aliphatic heterocycles. The average molecular weight is 238 g/mol. The van der Waals surface area contributed by atoms with Crippen LogP contribution in [-0.2, 0) is 7.05 Å². The van der Waals surface area contributed by atoms with Gasteiger partial charge in [-0.05, 0) is 18.6 Å². The van der Waals surface area contributed by atoms with Gasteiger partial charge in [-0.25, -0.2) is 8.78 Å². The maximum atomic E-state index is 13.7. The predicted octanol–water partition coefficient (Wildman–Crippen LogP) is 2.33. The maximum Gasteiger partial charge on any atom is 0.175 e. The zero-order valence-electron chi connectivity index (χ0n) is 9.46. The number of benzene rings is 1. The smallest absolute Gasteiger partial charge is 0.175 e. The molecule has 2 aromatic rings.